The molecule has 0 unspecified atom stereocenters. The molecule has 0 amide bonds. The van der Waals surface area contributed by atoms with Crippen molar-refractivity contribution < 1.29 is 19.4 Å². The molecule has 0 bridgehead atoms. The van der Waals surface area contributed by atoms with Crippen LogP contribution in [0.1, 0.15) is 0 Å². The number of rotatable bonds is 3. The summed E-state index contributed by atoms with van der Waals surface area (Å²) in [6, 6.07) is 3.71. The van der Waals surface area contributed by atoms with Gasteiger partial charge in [0.1, 0.15) is 6.54 Å². The van der Waals surface area contributed by atoms with Gasteiger partial charge in [0, 0.05) is 18.8 Å². The van der Waals surface area contributed by atoms with Crippen molar-refractivity contribution in [1.82, 2.24) is 0 Å². The molecule has 1 aromatic carbocycles. The molecule has 1 rings (SSSR count). The van der Waals surface area contributed by atoms with E-state index in [0.717, 1.165) is 6.07 Å². The number of hydrogen-bond acceptors (Lipinski definition) is 3. The van der Waals surface area contributed by atoms with Gasteiger partial charge in [-0.05, 0) is 12.1 Å². The number of halogens is 1. The third-order valence-corrected chi connectivity index (χ3v) is 1.74. The molecule has 0 aliphatic carbocycles. The summed E-state index contributed by atoms with van der Waals surface area (Å²) in [5.41, 5.74) is 0.405. The predicted octanol–water partition coefficient (Wildman–Crippen LogP) is 1.05. The molecule has 0 aliphatic rings. The average molecular weight is 199 g/mol. The number of phenolic OH excluding ortho intramolecular Hbond substituents is 1. The Kier molecular flexibility index (Phi) is 2.91. The summed E-state index contributed by atoms with van der Waals surface area (Å²) < 4.78 is 12.9. The number of benzene rings is 1. The van der Waals surface area contributed by atoms with Gasteiger partial charge in [0.25, 0.3) is 0 Å². The van der Waals surface area contributed by atoms with Crippen LogP contribution >= 0.6 is 0 Å². The van der Waals surface area contributed by atoms with Gasteiger partial charge in [0.05, 0.1) is 0 Å². The molecule has 2 N–H and O–H groups in total. The molecular formula is C9H10FNO3. The molecule has 0 aromatic heterocycles. The summed E-state index contributed by atoms with van der Waals surface area (Å²) >= 11 is 0. The van der Waals surface area contributed by atoms with Crippen LogP contribution in [0.25, 0.3) is 0 Å². The maximum absolute atomic E-state index is 12.9. The second-order valence-electron chi connectivity index (χ2n) is 2.89. The zero-order valence-electron chi connectivity index (χ0n) is 7.57. The molecule has 14 heavy (non-hydrogen) atoms. The smallest absolute Gasteiger partial charge is 0.323 e. The van der Waals surface area contributed by atoms with Crippen molar-refractivity contribution in [3.8, 4) is 5.75 Å². The molecule has 4 nitrogen and oxygen atoms in total. The third-order valence-electron chi connectivity index (χ3n) is 1.74. The van der Waals surface area contributed by atoms with Gasteiger partial charge in [-0.2, -0.15) is 0 Å². The molecule has 76 valence electrons. The molecule has 0 saturated carbocycles. The molecule has 0 heterocycles. The summed E-state index contributed by atoms with van der Waals surface area (Å²) in [4.78, 5) is 11.7. The first-order chi connectivity index (χ1) is 6.50. The maximum Gasteiger partial charge on any atom is 0.323 e. The van der Waals surface area contributed by atoms with E-state index in [1.54, 1.807) is 0 Å². The first-order valence-electron chi connectivity index (χ1n) is 3.92. The van der Waals surface area contributed by atoms with Crippen molar-refractivity contribution in [2.75, 3.05) is 18.5 Å². The van der Waals surface area contributed by atoms with Crippen LogP contribution < -0.4 is 4.90 Å². The van der Waals surface area contributed by atoms with Crippen LogP contribution in [0, 0.1) is 5.82 Å². The van der Waals surface area contributed by atoms with Gasteiger partial charge in [-0.25, -0.2) is 4.39 Å². The Morgan fingerprint density at radius 3 is 2.71 bits per heavy atom. The Labute approximate surface area is 80.2 Å². The Balaban J connectivity index is 2.85. The van der Waals surface area contributed by atoms with E-state index < -0.39 is 17.5 Å². The van der Waals surface area contributed by atoms with E-state index in [4.69, 9.17) is 10.2 Å². The largest absolute Gasteiger partial charge is 0.505 e. The number of nitrogens with zero attached hydrogens (tertiary/aromatic N) is 1. The maximum atomic E-state index is 12.9. The summed E-state index contributed by atoms with van der Waals surface area (Å²) in [7, 11) is 1.53. The summed E-state index contributed by atoms with van der Waals surface area (Å²) in [6.45, 7) is -0.218. The normalized spacial score (nSPS) is 9.86. The van der Waals surface area contributed by atoms with E-state index in [9.17, 15) is 9.18 Å². The van der Waals surface area contributed by atoms with Crippen LogP contribution in [0.3, 0.4) is 0 Å². The second-order valence-corrected chi connectivity index (χ2v) is 2.89. The van der Waals surface area contributed by atoms with Gasteiger partial charge in [0.15, 0.2) is 11.6 Å². The number of carboxylic acids is 1. The van der Waals surface area contributed by atoms with E-state index >= 15 is 0 Å². The lowest BCUT2D eigenvalue weighted by Crippen LogP contribution is -2.25. The number of likely N-dealkylation sites (N-methyl/N-ethyl adjacent to an activating group) is 1. The average Bonchev–Trinajstić information content (AvgIpc) is 2.08. The van der Waals surface area contributed by atoms with E-state index in [1.807, 2.05) is 0 Å². The molecule has 0 spiro atoms. The van der Waals surface area contributed by atoms with Crippen LogP contribution in [0.5, 0.6) is 5.75 Å². The van der Waals surface area contributed by atoms with Crippen LogP contribution in [0.15, 0.2) is 18.2 Å². The van der Waals surface area contributed by atoms with Gasteiger partial charge in [-0.15, -0.1) is 0 Å². The molecule has 0 fully saturated rings. The fourth-order valence-electron chi connectivity index (χ4n) is 1.03. The molecule has 5 heteroatoms. The summed E-state index contributed by atoms with van der Waals surface area (Å²) in [5.74, 6) is -2.21. The Morgan fingerprint density at radius 1 is 1.57 bits per heavy atom. The highest BCUT2D eigenvalue weighted by Gasteiger charge is 2.08. The van der Waals surface area contributed by atoms with Gasteiger partial charge in [-0.1, -0.05) is 0 Å². The zero-order chi connectivity index (χ0) is 10.7. The third kappa shape index (κ3) is 2.35. The standard InChI is InChI=1S/C9H10FNO3/c1-11(5-9(13)14)6-2-3-8(12)7(10)4-6/h2-4,12H,5H2,1H3,(H,13,14). The van der Waals surface area contributed by atoms with Crippen molar-refractivity contribution in [2.24, 2.45) is 0 Å². The Hall–Kier alpha value is -1.78. The fraction of sp³-hybridized carbons (Fsp3) is 0.222. The van der Waals surface area contributed by atoms with E-state index in [-0.39, 0.29) is 6.54 Å². The minimum atomic E-state index is -0.999. The van der Waals surface area contributed by atoms with Crippen molar-refractivity contribution in [3.05, 3.63) is 24.0 Å². The highest BCUT2D eigenvalue weighted by atomic mass is 19.1. The number of anilines is 1. The molecule has 1 aromatic rings. The van der Waals surface area contributed by atoms with Gasteiger partial charge in [0.2, 0.25) is 0 Å². The summed E-state index contributed by atoms with van der Waals surface area (Å²) in [5, 5.41) is 17.4. The Bertz CT molecular complexity index is 354. The van der Waals surface area contributed by atoms with Crippen molar-refractivity contribution >= 4 is 11.7 Å². The van der Waals surface area contributed by atoms with Crippen LogP contribution in [0.2, 0.25) is 0 Å². The molecule has 0 atom stereocenters. The molecule has 0 radical (unpaired) electrons. The lowest BCUT2D eigenvalue weighted by molar-refractivity contribution is -0.135. The monoisotopic (exact) mass is 199 g/mol. The fourth-order valence-corrected chi connectivity index (χ4v) is 1.03. The van der Waals surface area contributed by atoms with Crippen molar-refractivity contribution in [3.63, 3.8) is 0 Å². The van der Waals surface area contributed by atoms with Crippen LogP contribution in [-0.4, -0.2) is 29.8 Å². The number of hydrogen-bond donors (Lipinski definition) is 2. The van der Waals surface area contributed by atoms with Crippen LogP contribution in [0.4, 0.5) is 10.1 Å². The first-order valence-corrected chi connectivity index (χ1v) is 3.92. The minimum absolute atomic E-state index is 0.218. The predicted molar refractivity (Wildman–Crippen MR) is 49.0 cm³/mol. The highest BCUT2D eigenvalue weighted by molar-refractivity contribution is 5.73. The topological polar surface area (TPSA) is 60.8 Å². The SMILES string of the molecule is CN(CC(=O)O)c1ccc(O)c(F)c1. The number of aliphatic carboxylic acids is 1. The number of carbonyl (C=O) groups is 1. The van der Waals surface area contributed by atoms with Gasteiger partial charge in [-0.3, -0.25) is 4.79 Å². The number of carboxylic acid groups (broad SMARTS) is 1. The van der Waals surface area contributed by atoms with Gasteiger partial charge < -0.3 is 15.1 Å². The molecule has 0 aliphatic heterocycles. The number of phenols is 1. The summed E-state index contributed by atoms with van der Waals surface area (Å²) in [6.07, 6.45) is 0. The lowest BCUT2D eigenvalue weighted by Gasteiger charge is -2.16. The zero-order valence-corrected chi connectivity index (χ0v) is 7.57. The minimum Gasteiger partial charge on any atom is -0.505 e. The van der Waals surface area contributed by atoms with Crippen molar-refractivity contribution in [1.29, 1.82) is 0 Å². The highest BCUT2D eigenvalue weighted by Crippen LogP contribution is 2.21. The lowest BCUT2D eigenvalue weighted by atomic mass is 10.2. The second kappa shape index (κ2) is 3.95. The molecule has 0 saturated heterocycles. The van der Waals surface area contributed by atoms with E-state index in [2.05, 4.69) is 0 Å². The molecular weight excluding hydrogens is 189 g/mol. The Morgan fingerprint density at radius 2 is 2.21 bits per heavy atom. The van der Waals surface area contributed by atoms with Crippen molar-refractivity contribution in [2.45, 2.75) is 0 Å². The van der Waals surface area contributed by atoms with Crippen LogP contribution in [-0.2, 0) is 4.79 Å². The van der Waals surface area contributed by atoms with E-state index in [1.165, 1.54) is 24.1 Å². The van der Waals surface area contributed by atoms with E-state index in [0.29, 0.717) is 5.69 Å². The number of aromatic hydroxyl groups is 1. The van der Waals surface area contributed by atoms with Gasteiger partial charge >= 0.3 is 5.97 Å². The first kappa shape index (κ1) is 10.3. The quantitative estimate of drug-likeness (QED) is 0.763.